The van der Waals surface area contributed by atoms with Crippen molar-refractivity contribution in [2.45, 2.75) is 33.1 Å². The van der Waals surface area contributed by atoms with Gasteiger partial charge in [0.15, 0.2) is 5.82 Å². The Labute approximate surface area is 103 Å². The number of nitrogen functional groups attached to an aromatic ring is 1. The molecule has 2 N–H and O–H groups in total. The van der Waals surface area contributed by atoms with Crippen molar-refractivity contribution in [3.8, 4) is 0 Å². The standard InChI is InChI=1S/C13H21N4/c1-10(2)7-11-3-5-17(6-4-11)13-12(14)8-15-9-16-13/h8-9,11H,3-7,14H2,1-2H3. The molecule has 0 atom stereocenters. The molecular formula is C13H21N4. The van der Waals surface area contributed by atoms with Gasteiger partial charge in [-0.25, -0.2) is 9.97 Å². The number of hydrogen-bond donors (Lipinski definition) is 1. The number of nitrogens with zero attached hydrogens (tertiary/aromatic N) is 3. The molecule has 1 aliphatic heterocycles. The van der Waals surface area contributed by atoms with Crippen molar-refractivity contribution < 1.29 is 0 Å². The van der Waals surface area contributed by atoms with Gasteiger partial charge in [-0.2, -0.15) is 0 Å². The van der Waals surface area contributed by atoms with Gasteiger partial charge in [0.25, 0.3) is 0 Å². The van der Waals surface area contributed by atoms with E-state index in [1.54, 1.807) is 12.5 Å². The molecule has 2 heterocycles. The quantitative estimate of drug-likeness (QED) is 0.870. The van der Waals surface area contributed by atoms with Gasteiger partial charge in [-0.3, -0.25) is 0 Å². The highest BCUT2D eigenvalue weighted by atomic mass is 15.2. The summed E-state index contributed by atoms with van der Waals surface area (Å²) >= 11 is 0. The second-order valence-electron chi connectivity index (χ2n) is 5.14. The average Bonchev–Trinajstić information content (AvgIpc) is 2.30. The fourth-order valence-electron chi connectivity index (χ4n) is 2.52. The molecule has 0 spiro atoms. The molecule has 4 heteroatoms. The van der Waals surface area contributed by atoms with E-state index in [4.69, 9.17) is 5.73 Å². The molecule has 0 amide bonds. The van der Waals surface area contributed by atoms with Gasteiger partial charge < -0.3 is 10.6 Å². The molecule has 4 nitrogen and oxygen atoms in total. The Morgan fingerprint density at radius 3 is 2.71 bits per heavy atom. The Hall–Kier alpha value is -1.32. The molecule has 1 aromatic rings. The largest absolute Gasteiger partial charge is 0.394 e. The first-order valence-corrected chi connectivity index (χ1v) is 6.26. The molecule has 0 unspecified atom stereocenters. The van der Waals surface area contributed by atoms with Crippen LogP contribution in [0.2, 0.25) is 0 Å². The fourth-order valence-corrected chi connectivity index (χ4v) is 2.52. The van der Waals surface area contributed by atoms with Crippen LogP contribution in [0.4, 0.5) is 11.5 Å². The molecule has 1 fully saturated rings. The third-order valence-electron chi connectivity index (χ3n) is 3.33. The van der Waals surface area contributed by atoms with E-state index in [2.05, 4.69) is 28.7 Å². The number of rotatable bonds is 3. The van der Waals surface area contributed by atoms with Crippen LogP contribution in [0.5, 0.6) is 0 Å². The van der Waals surface area contributed by atoms with E-state index in [0.29, 0.717) is 5.69 Å². The van der Waals surface area contributed by atoms with Gasteiger partial charge in [-0.05, 0) is 31.1 Å². The van der Waals surface area contributed by atoms with Gasteiger partial charge in [0.05, 0.1) is 11.9 Å². The van der Waals surface area contributed by atoms with Crippen molar-refractivity contribution in [3.05, 3.63) is 18.4 Å². The summed E-state index contributed by atoms with van der Waals surface area (Å²) in [5.41, 5.74) is 6.58. The van der Waals surface area contributed by atoms with Crippen LogP contribution in [-0.4, -0.2) is 23.1 Å². The second-order valence-corrected chi connectivity index (χ2v) is 5.14. The molecule has 17 heavy (non-hydrogen) atoms. The van der Waals surface area contributed by atoms with E-state index < -0.39 is 0 Å². The van der Waals surface area contributed by atoms with Crippen LogP contribution < -0.4 is 10.6 Å². The Bertz CT molecular complexity index is 356. The summed E-state index contributed by atoms with van der Waals surface area (Å²) in [5.74, 6) is 3.26. The first-order chi connectivity index (χ1) is 8.16. The highest BCUT2D eigenvalue weighted by Gasteiger charge is 2.21. The summed E-state index contributed by atoms with van der Waals surface area (Å²) in [6.07, 6.45) is 6.97. The van der Waals surface area contributed by atoms with Crippen LogP contribution in [0.15, 0.2) is 12.5 Å². The summed E-state index contributed by atoms with van der Waals surface area (Å²) in [7, 11) is 0. The summed E-state index contributed by atoms with van der Waals surface area (Å²) in [6, 6.07) is 0. The average molecular weight is 233 g/mol. The zero-order valence-corrected chi connectivity index (χ0v) is 10.7. The Kier molecular flexibility index (Phi) is 3.82. The van der Waals surface area contributed by atoms with Gasteiger partial charge in [0.2, 0.25) is 0 Å². The minimum absolute atomic E-state index is 0.684. The van der Waals surface area contributed by atoms with E-state index in [0.717, 1.165) is 24.8 Å². The molecule has 1 aromatic heterocycles. The second kappa shape index (κ2) is 5.34. The van der Waals surface area contributed by atoms with E-state index in [1.807, 2.05) is 0 Å². The monoisotopic (exact) mass is 233 g/mol. The van der Waals surface area contributed by atoms with Gasteiger partial charge in [-0.15, -0.1) is 0 Å². The molecule has 0 saturated carbocycles. The maximum atomic E-state index is 5.90. The van der Waals surface area contributed by atoms with E-state index in [9.17, 15) is 0 Å². The Morgan fingerprint density at radius 2 is 2.12 bits per heavy atom. The zero-order chi connectivity index (χ0) is 12.3. The molecule has 1 radical (unpaired) electrons. The van der Waals surface area contributed by atoms with Crippen LogP contribution in [0.25, 0.3) is 0 Å². The van der Waals surface area contributed by atoms with Crippen LogP contribution in [0.1, 0.15) is 33.1 Å². The normalized spacial score (nSPS) is 17.7. The minimum atomic E-state index is 0.684. The zero-order valence-electron chi connectivity index (χ0n) is 10.7. The lowest BCUT2D eigenvalue weighted by atomic mass is 9.88. The van der Waals surface area contributed by atoms with Crippen LogP contribution >= 0.6 is 0 Å². The van der Waals surface area contributed by atoms with Crippen LogP contribution in [0, 0.1) is 11.8 Å². The van der Waals surface area contributed by atoms with Crippen LogP contribution in [0.3, 0.4) is 0 Å². The molecule has 0 aliphatic carbocycles. The number of hydrogen-bond acceptors (Lipinski definition) is 4. The van der Waals surface area contributed by atoms with Gasteiger partial charge in [0.1, 0.15) is 6.33 Å². The van der Waals surface area contributed by atoms with E-state index >= 15 is 0 Å². The van der Waals surface area contributed by atoms with Gasteiger partial charge in [0, 0.05) is 13.1 Å². The highest BCUT2D eigenvalue weighted by Crippen LogP contribution is 2.28. The summed E-state index contributed by atoms with van der Waals surface area (Å²) in [6.45, 7) is 6.54. The smallest absolute Gasteiger partial charge is 0.155 e. The number of anilines is 2. The Morgan fingerprint density at radius 1 is 1.41 bits per heavy atom. The highest BCUT2D eigenvalue weighted by molar-refractivity contribution is 5.60. The SMILES string of the molecule is C[C](C)CC1CCN(c2ncncc2N)CC1. The van der Waals surface area contributed by atoms with Crippen LogP contribution in [-0.2, 0) is 0 Å². The molecule has 2 rings (SSSR count). The lowest BCUT2D eigenvalue weighted by Crippen LogP contribution is -2.35. The van der Waals surface area contributed by atoms with Crippen molar-refractivity contribution in [1.82, 2.24) is 9.97 Å². The maximum absolute atomic E-state index is 5.90. The van der Waals surface area contributed by atoms with E-state index in [1.165, 1.54) is 25.2 Å². The topological polar surface area (TPSA) is 55.0 Å². The molecule has 0 aromatic carbocycles. The summed E-state index contributed by atoms with van der Waals surface area (Å²) in [4.78, 5) is 10.5. The van der Waals surface area contributed by atoms with Crippen molar-refractivity contribution in [3.63, 3.8) is 0 Å². The molecule has 0 bridgehead atoms. The minimum Gasteiger partial charge on any atom is -0.394 e. The van der Waals surface area contributed by atoms with Gasteiger partial charge in [-0.1, -0.05) is 13.8 Å². The number of nitrogens with two attached hydrogens (primary N) is 1. The lowest BCUT2D eigenvalue weighted by Gasteiger charge is -2.33. The van der Waals surface area contributed by atoms with Crippen molar-refractivity contribution in [2.24, 2.45) is 5.92 Å². The molecule has 1 aliphatic rings. The first kappa shape index (κ1) is 12.1. The predicted molar refractivity (Wildman–Crippen MR) is 70.6 cm³/mol. The molecule has 93 valence electrons. The molecular weight excluding hydrogens is 212 g/mol. The third-order valence-corrected chi connectivity index (χ3v) is 3.33. The predicted octanol–water partition coefficient (Wildman–Crippen LogP) is 2.28. The molecule has 1 saturated heterocycles. The first-order valence-electron chi connectivity index (χ1n) is 6.26. The summed E-state index contributed by atoms with van der Waals surface area (Å²) in [5, 5.41) is 0. The van der Waals surface area contributed by atoms with E-state index in [-0.39, 0.29) is 0 Å². The van der Waals surface area contributed by atoms with Gasteiger partial charge >= 0.3 is 0 Å². The fraction of sp³-hybridized carbons (Fsp3) is 0.615. The van der Waals surface area contributed by atoms with Crippen molar-refractivity contribution in [1.29, 1.82) is 0 Å². The number of piperidine rings is 1. The Balaban J connectivity index is 1.93. The maximum Gasteiger partial charge on any atom is 0.155 e. The summed E-state index contributed by atoms with van der Waals surface area (Å²) < 4.78 is 0. The lowest BCUT2D eigenvalue weighted by molar-refractivity contribution is 0.388. The number of aromatic nitrogens is 2. The van der Waals surface area contributed by atoms with Crippen molar-refractivity contribution in [2.75, 3.05) is 23.7 Å². The van der Waals surface area contributed by atoms with Crippen molar-refractivity contribution >= 4 is 11.5 Å². The third kappa shape index (κ3) is 3.08.